The predicted octanol–water partition coefficient (Wildman–Crippen LogP) is 2.61. The van der Waals surface area contributed by atoms with Crippen LogP contribution >= 0.6 is 0 Å². The molecule has 3 rings (SSSR count). The number of amides is 2. The van der Waals surface area contributed by atoms with Gasteiger partial charge in [0.15, 0.2) is 5.78 Å². The quantitative estimate of drug-likeness (QED) is 0.735. The number of benzene rings is 1. The van der Waals surface area contributed by atoms with Gasteiger partial charge < -0.3 is 19.7 Å². The van der Waals surface area contributed by atoms with Gasteiger partial charge in [-0.3, -0.25) is 14.4 Å². The van der Waals surface area contributed by atoms with Crippen LogP contribution in [0.2, 0.25) is 0 Å². The lowest BCUT2D eigenvalue weighted by molar-refractivity contribution is -0.191. The van der Waals surface area contributed by atoms with Gasteiger partial charge in [0.25, 0.3) is 11.8 Å². The molecule has 1 saturated heterocycles. The zero-order chi connectivity index (χ0) is 23.0. The first kappa shape index (κ1) is 22.8. The molecule has 0 bridgehead atoms. The number of carbonyl (C=O) groups is 3. The van der Waals surface area contributed by atoms with Crippen molar-refractivity contribution in [2.45, 2.75) is 44.5 Å². The largest absolute Gasteiger partial charge is 0.496 e. The van der Waals surface area contributed by atoms with Crippen LogP contribution in [0, 0.1) is 0 Å². The molecule has 2 aliphatic heterocycles. The van der Waals surface area contributed by atoms with Crippen molar-refractivity contribution >= 4 is 17.6 Å². The van der Waals surface area contributed by atoms with Crippen molar-refractivity contribution in [3.05, 3.63) is 41.1 Å². The molecule has 1 fully saturated rings. The Morgan fingerprint density at radius 2 is 2.00 bits per heavy atom. The van der Waals surface area contributed by atoms with Gasteiger partial charge in [0.05, 0.1) is 30.9 Å². The van der Waals surface area contributed by atoms with Crippen molar-refractivity contribution in [1.82, 2.24) is 10.2 Å². The summed E-state index contributed by atoms with van der Waals surface area (Å²) in [6.07, 6.45) is -4.40. The number of nitrogens with one attached hydrogen (secondary N) is 1. The SMILES string of the molecule is COc1ccccc1C(=O)N[C@]1(C(F)(F)F)C(=O)N(C[C@H]2CCCO2)C(C)=C1C(C)=O. The Hall–Kier alpha value is -2.88. The summed E-state index contributed by atoms with van der Waals surface area (Å²) in [4.78, 5) is 39.3. The summed E-state index contributed by atoms with van der Waals surface area (Å²) in [5.41, 5.74) is -4.64. The Morgan fingerprint density at radius 3 is 2.55 bits per heavy atom. The zero-order valence-electron chi connectivity index (χ0n) is 17.3. The zero-order valence-corrected chi connectivity index (χ0v) is 17.3. The van der Waals surface area contributed by atoms with E-state index in [-0.39, 0.29) is 23.6 Å². The van der Waals surface area contributed by atoms with Crippen LogP contribution in [0.1, 0.15) is 37.0 Å². The second kappa shape index (κ2) is 8.33. The number of methoxy groups -OCH3 is 1. The minimum absolute atomic E-state index is 0.0315. The van der Waals surface area contributed by atoms with Gasteiger partial charge in [-0.05, 0) is 38.8 Å². The summed E-state index contributed by atoms with van der Waals surface area (Å²) < 4.78 is 54.0. The number of Topliss-reactive ketones (excluding diaryl/α,β-unsaturated/α-hetero) is 1. The lowest BCUT2D eigenvalue weighted by Gasteiger charge is -2.33. The molecule has 0 radical (unpaired) electrons. The molecular formula is C21H23F3N2O5. The van der Waals surface area contributed by atoms with E-state index in [1.807, 2.05) is 5.32 Å². The van der Waals surface area contributed by atoms with E-state index in [4.69, 9.17) is 9.47 Å². The van der Waals surface area contributed by atoms with E-state index in [1.54, 1.807) is 6.07 Å². The van der Waals surface area contributed by atoms with Gasteiger partial charge in [-0.15, -0.1) is 0 Å². The maximum atomic E-state index is 14.5. The number of alkyl halides is 3. The first-order valence-corrected chi connectivity index (χ1v) is 9.72. The van der Waals surface area contributed by atoms with Gasteiger partial charge >= 0.3 is 6.18 Å². The first-order chi connectivity index (χ1) is 14.5. The average molecular weight is 440 g/mol. The minimum atomic E-state index is -5.27. The molecule has 0 spiro atoms. The van der Waals surface area contributed by atoms with Gasteiger partial charge in [0.2, 0.25) is 5.54 Å². The summed E-state index contributed by atoms with van der Waals surface area (Å²) in [6, 6.07) is 5.67. The Morgan fingerprint density at radius 1 is 1.32 bits per heavy atom. The first-order valence-electron chi connectivity index (χ1n) is 9.72. The van der Waals surface area contributed by atoms with Crippen LogP contribution in [0.15, 0.2) is 35.5 Å². The Labute approximate surface area is 177 Å². The van der Waals surface area contributed by atoms with Crippen molar-refractivity contribution in [2.24, 2.45) is 0 Å². The highest BCUT2D eigenvalue weighted by molar-refractivity contribution is 6.13. The molecule has 7 nitrogen and oxygen atoms in total. The standard InChI is InChI=1S/C21H23F3N2O5/c1-12-17(13(2)27)20(21(22,23)24,19(29)26(12)11-14-7-6-10-31-14)25-18(28)15-8-4-5-9-16(15)30-3/h4-5,8-9,14H,6-7,10-11H2,1-3H3,(H,25,28)/t14-,20+/m1/s1. The van der Waals surface area contributed by atoms with Crippen LogP contribution in [0.5, 0.6) is 5.75 Å². The Bertz CT molecular complexity index is 937. The molecule has 1 aromatic carbocycles. The van der Waals surface area contributed by atoms with Crippen LogP contribution < -0.4 is 10.1 Å². The van der Waals surface area contributed by atoms with Crippen LogP contribution in [0.25, 0.3) is 0 Å². The molecule has 1 N–H and O–H groups in total. The smallest absolute Gasteiger partial charge is 0.425 e. The Balaban J connectivity index is 2.09. The summed E-state index contributed by atoms with van der Waals surface area (Å²) in [5.74, 6) is -3.54. The summed E-state index contributed by atoms with van der Waals surface area (Å²) in [5, 5.41) is 1.84. The molecule has 10 heteroatoms. The van der Waals surface area contributed by atoms with E-state index >= 15 is 0 Å². The molecule has 2 atom stereocenters. The van der Waals surface area contributed by atoms with E-state index in [0.717, 1.165) is 18.2 Å². The minimum Gasteiger partial charge on any atom is -0.496 e. The van der Waals surface area contributed by atoms with E-state index in [2.05, 4.69) is 0 Å². The fourth-order valence-corrected chi connectivity index (χ4v) is 4.12. The maximum absolute atomic E-state index is 14.5. The van der Waals surface area contributed by atoms with Crippen LogP contribution in [-0.2, 0) is 14.3 Å². The summed E-state index contributed by atoms with van der Waals surface area (Å²) in [7, 11) is 1.26. The number of hydrogen-bond acceptors (Lipinski definition) is 5. The second-order valence-electron chi connectivity index (χ2n) is 7.47. The van der Waals surface area contributed by atoms with E-state index in [1.165, 1.54) is 32.2 Å². The highest BCUT2D eigenvalue weighted by Gasteiger charge is 2.70. The summed E-state index contributed by atoms with van der Waals surface area (Å²) >= 11 is 0. The van der Waals surface area contributed by atoms with Crippen molar-refractivity contribution in [3.8, 4) is 5.75 Å². The predicted molar refractivity (Wildman–Crippen MR) is 103 cm³/mol. The van der Waals surface area contributed by atoms with E-state index in [0.29, 0.717) is 13.0 Å². The fraction of sp³-hybridized carbons (Fsp3) is 0.476. The van der Waals surface area contributed by atoms with Gasteiger partial charge in [-0.1, -0.05) is 12.1 Å². The van der Waals surface area contributed by atoms with Gasteiger partial charge in [0.1, 0.15) is 5.75 Å². The van der Waals surface area contributed by atoms with Gasteiger partial charge in [0, 0.05) is 12.3 Å². The van der Waals surface area contributed by atoms with Crippen molar-refractivity contribution < 1.29 is 37.0 Å². The number of nitrogens with zero attached hydrogens (tertiary/aromatic N) is 1. The van der Waals surface area contributed by atoms with Crippen molar-refractivity contribution in [1.29, 1.82) is 0 Å². The van der Waals surface area contributed by atoms with Crippen molar-refractivity contribution in [2.75, 3.05) is 20.3 Å². The van der Waals surface area contributed by atoms with Crippen LogP contribution in [-0.4, -0.2) is 60.6 Å². The number of allylic oxidation sites excluding steroid dienone is 1. The lowest BCUT2D eigenvalue weighted by atomic mass is 9.86. The fourth-order valence-electron chi connectivity index (χ4n) is 4.12. The van der Waals surface area contributed by atoms with Crippen LogP contribution in [0.4, 0.5) is 13.2 Å². The number of ether oxygens (including phenoxy) is 2. The molecule has 0 aliphatic carbocycles. The molecule has 0 saturated carbocycles. The molecule has 31 heavy (non-hydrogen) atoms. The van der Waals surface area contributed by atoms with Gasteiger partial charge in [-0.2, -0.15) is 13.2 Å². The molecule has 1 aromatic rings. The van der Waals surface area contributed by atoms with Crippen LogP contribution in [0.3, 0.4) is 0 Å². The normalized spacial score (nSPS) is 24.0. The number of carbonyl (C=O) groups excluding carboxylic acids is 3. The third-order valence-electron chi connectivity index (χ3n) is 5.55. The lowest BCUT2D eigenvalue weighted by Crippen LogP contribution is -2.66. The molecular weight excluding hydrogens is 417 g/mol. The highest BCUT2D eigenvalue weighted by Crippen LogP contribution is 2.45. The second-order valence-corrected chi connectivity index (χ2v) is 7.47. The number of halogens is 3. The maximum Gasteiger partial charge on any atom is 0.425 e. The third kappa shape index (κ3) is 3.80. The van der Waals surface area contributed by atoms with Gasteiger partial charge in [-0.25, -0.2) is 0 Å². The topological polar surface area (TPSA) is 84.9 Å². The average Bonchev–Trinajstić information content (AvgIpc) is 3.29. The number of hydrogen-bond donors (Lipinski definition) is 1. The molecule has 2 amide bonds. The van der Waals surface area contributed by atoms with E-state index in [9.17, 15) is 27.6 Å². The molecule has 2 aliphatic rings. The number of ketones is 1. The monoisotopic (exact) mass is 440 g/mol. The molecule has 0 unspecified atom stereocenters. The molecule has 2 heterocycles. The number of para-hydroxylation sites is 1. The Kier molecular flexibility index (Phi) is 6.13. The van der Waals surface area contributed by atoms with E-state index < -0.39 is 41.0 Å². The molecule has 0 aromatic heterocycles. The molecule has 168 valence electrons. The van der Waals surface area contributed by atoms with Crippen molar-refractivity contribution in [3.63, 3.8) is 0 Å². The highest BCUT2D eigenvalue weighted by atomic mass is 19.4. The number of rotatable bonds is 6. The third-order valence-corrected chi connectivity index (χ3v) is 5.55. The summed E-state index contributed by atoms with van der Waals surface area (Å²) in [6.45, 7) is 2.53.